The number of rotatable bonds is 3. The average molecular weight is 375 g/mol. The number of amides is 1. The highest BCUT2D eigenvalue weighted by Crippen LogP contribution is 2.32. The smallest absolute Gasteiger partial charge is 0.265 e. The summed E-state index contributed by atoms with van der Waals surface area (Å²) in [7, 11) is 0. The predicted octanol–water partition coefficient (Wildman–Crippen LogP) is 3.52. The van der Waals surface area contributed by atoms with E-state index in [9.17, 15) is 4.79 Å². The maximum absolute atomic E-state index is 12.6. The molecule has 2 heterocycles. The van der Waals surface area contributed by atoms with Gasteiger partial charge in [0.15, 0.2) is 6.10 Å². The molecule has 3 aromatic rings. The van der Waals surface area contributed by atoms with Gasteiger partial charge < -0.3 is 10.1 Å². The van der Waals surface area contributed by atoms with Crippen LogP contribution in [0.5, 0.6) is 5.75 Å². The summed E-state index contributed by atoms with van der Waals surface area (Å²) in [6.45, 7) is 0. The highest BCUT2D eigenvalue weighted by Gasteiger charge is 2.29. The maximum Gasteiger partial charge on any atom is 0.265 e. The number of hydrogen-bond donors (Lipinski definition) is 1. The van der Waals surface area contributed by atoms with E-state index in [2.05, 4.69) is 15.4 Å². The van der Waals surface area contributed by atoms with Crippen molar-refractivity contribution < 1.29 is 9.53 Å². The van der Waals surface area contributed by atoms with Gasteiger partial charge in [0.2, 0.25) is 0 Å². The van der Waals surface area contributed by atoms with Crippen molar-refractivity contribution in [3.63, 3.8) is 0 Å². The van der Waals surface area contributed by atoms with Crippen molar-refractivity contribution in [3.05, 3.63) is 64.7 Å². The van der Waals surface area contributed by atoms with E-state index in [4.69, 9.17) is 27.9 Å². The Balaban J connectivity index is 1.57. The van der Waals surface area contributed by atoms with Gasteiger partial charge in [0, 0.05) is 16.5 Å². The normalized spacial score (nSPS) is 15.5. The summed E-state index contributed by atoms with van der Waals surface area (Å²) in [5.74, 6) is 0.406. The van der Waals surface area contributed by atoms with Gasteiger partial charge in [-0.05, 0) is 42.0 Å². The number of carbonyl (C=O) groups is 1. The van der Waals surface area contributed by atoms with Crippen LogP contribution in [-0.2, 0) is 11.2 Å². The minimum Gasteiger partial charge on any atom is -0.480 e. The van der Waals surface area contributed by atoms with Crippen molar-refractivity contribution in [2.45, 2.75) is 12.5 Å². The van der Waals surface area contributed by atoms with Crippen LogP contribution in [0.3, 0.4) is 0 Å². The summed E-state index contributed by atoms with van der Waals surface area (Å²) in [5.41, 5.74) is 2.10. The molecule has 0 bridgehead atoms. The number of nitrogens with one attached hydrogen (secondary N) is 1. The molecule has 1 aliphatic rings. The third-order valence-corrected chi connectivity index (χ3v) is 4.34. The lowest BCUT2D eigenvalue weighted by Crippen LogP contribution is -2.31. The Labute approximate surface area is 153 Å². The van der Waals surface area contributed by atoms with Crippen molar-refractivity contribution >= 4 is 34.8 Å². The topological polar surface area (TPSA) is 69.0 Å². The first kappa shape index (κ1) is 15.9. The summed E-state index contributed by atoms with van der Waals surface area (Å²) in [4.78, 5) is 16.6. The lowest BCUT2D eigenvalue weighted by Gasteiger charge is -2.14. The Hall–Kier alpha value is -2.57. The second-order valence-corrected chi connectivity index (χ2v) is 6.43. The van der Waals surface area contributed by atoms with Crippen LogP contribution in [0.4, 0.5) is 5.69 Å². The first-order valence-corrected chi connectivity index (χ1v) is 8.26. The summed E-state index contributed by atoms with van der Waals surface area (Å²) in [5, 5.41) is 8.07. The van der Waals surface area contributed by atoms with Crippen molar-refractivity contribution in [1.29, 1.82) is 0 Å². The molecule has 0 radical (unpaired) electrons. The molecule has 25 heavy (non-hydrogen) atoms. The zero-order chi connectivity index (χ0) is 17.4. The average Bonchev–Trinajstić information content (AvgIpc) is 3.23. The second-order valence-electron chi connectivity index (χ2n) is 5.55. The molecule has 1 aliphatic heterocycles. The largest absolute Gasteiger partial charge is 0.480 e. The van der Waals surface area contributed by atoms with Crippen molar-refractivity contribution in [2.24, 2.45) is 0 Å². The molecule has 6 nitrogen and oxygen atoms in total. The van der Waals surface area contributed by atoms with Crippen LogP contribution >= 0.6 is 23.2 Å². The highest BCUT2D eigenvalue weighted by atomic mass is 35.5. The molecule has 0 spiro atoms. The van der Waals surface area contributed by atoms with Gasteiger partial charge in [0.25, 0.3) is 5.91 Å². The quantitative estimate of drug-likeness (QED) is 0.761. The number of benzene rings is 2. The summed E-state index contributed by atoms with van der Waals surface area (Å²) in [6.07, 6.45) is 2.79. The monoisotopic (exact) mass is 374 g/mol. The summed E-state index contributed by atoms with van der Waals surface area (Å²) in [6, 6.07) is 10.5. The van der Waals surface area contributed by atoms with E-state index in [1.165, 1.54) is 6.33 Å². The molecule has 2 aromatic carbocycles. The van der Waals surface area contributed by atoms with Gasteiger partial charge in [-0.1, -0.05) is 23.2 Å². The van der Waals surface area contributed by atoms with E-state index >= 15 is 0 Å². The first-order chi connectivity index (χ1) is 12.1. The van der Waals surface area contributed by atoms with Gasteiger partial charge in [-0.2, -0.15) is 5.10 Å². The number of hydrogen-bond acceptors (Lipinski definition) is 4. The lowest BCUT2D eigenvalue weighted by atomic mass is 10.1. The molecule has 0 aliphatic carbocycles. The van der Waals surface area contributed by atoms with Gasteiger partial charge in [-0.3, -0.25) is 4.79 Å². The van der Waals surface area contributed by atoms with Gasteiger partial charge >= 0.3 is 0 Å². The minimum atomic E-state index is -0.629. The molecule has 4 rings (SSSR count). The molecular formula is C17H12Cl2N4O2. The molecule has 0 saturated heterocycles. The van der Waals surface area contributed by atoms with Crippen LogP contribution in [0, 0.1) is 0 Å². The molecule has 0 fully saturated rings. The van der Waals surface area contributed by atoms with Crippen LogP contribution in [-0.4, -0.2) is 26.8 Å². The van der Waals surface area contributed by atoms with Crippen LogP contribution in [0.2, 0.25) is 10.0 Å². The zero-order valence-electron chi connectivity index (χ0n) is 12.8. The molecule has 1 atom stereocenters. The van der Waals surface area contributed by atoms with E-state index in [0.29, 0.717) is 33.6 Å². The Bertz CT molecular complexity index is 944. The van der Waals surface area contributed by atoms with E-state index in [1.807, 2.05) is 6.07 Å². The van der Waals surface area contributed by atoms with Crippen molar-refractivity contribution in [3.8, 4) is 11.4 Å². The van der Waals surface area contributed by atoms with Crippen LogP contribution in [0.25, 0.3) is 5.69 Å². The number of nitrogens with zero attached hydrogens (tertiary/aromatic N) is 3. The minimum absolute atomic E-state index is 0.268. The van der Waals surface area contributed by atoms with E-state index in [-0.39, 0.29) is 5.91 Å². The fourth-order valence-corrected chi connectivity index (χ4v) is 3.08. The molecule has 0 saturated carbocycles. The molecule has 1 N–H and O–H groups in total. The Kier molecular flexibility index (Phi) is 4.07. The fraction of sp³-hybridized carbons (Fsp3) is 0.118. The number of aromatic nitrogens is 3. The highest BCUT2D eigenvalue weighted by molar-refractivity contribution is 6.31. The molecule has 1 aromatic heterocycles. The molecule has 126 valence electrons. The SMILES string of the molecule is O=C(Nc1cc(Cl)ccc1-n1cncn1)[C@H]1Cc2cc(Cl)ccc2O1. The second kappa shape index (κ2) is 6.38. The zero-order valence-corrected chi connectivity index (χ0v) is 14.3. The Morgan fingerprint density at radius 1 is 1.20 bits per heavy atom. The summed E-state index contributed by atoms with van der Waals surface area (Å²) < 4.78 is 7.27. The van der Waals surface area contributed by atoms with Crippen molar-refractivity contribution in [2.75, 3.05) is 5.32 Å². The molecule has 1 amide bonds. The predicted molar refractivity (Wildman–Crippen MR) is 94.6 cm³/mol. The number of ether oxygens (including phenoxy) is 1. The number of carbonyl (C=O) groups excluding carboxylic acids is 1. The number of halogens is 2. The molecular weight excluding hydrogens is 363 g/mol. The van der Waals surface area contributed by atoms with E-state index < -0.39 is 6.10 Å². The Morgan fingerprint density at radius 3 is 2.80 bits per heavy atom. The van der Waals surface area contributed by atoms with Crippen LogP contribution in [0.15, 0.2) is 49.1 Å². The van der Waals surface area contributed by atoms with Crippen LogP contribution < -0.4 is 10.1 Å². The third kappa shape index (κ3) is 3.18. The van der Waals surface area contributed by atoms with Gasteiger partial charge in [-0.15, -0.1) is 0 Å². The van der Waals surface area contributed by atoms with E-state index in [1.54, 1.807) is 41.3 Å². The third-order valence-electron chi connectivity index (χ3n) is 3.87. The standard InChI is InChI=1S/C17H12Cl2N4O2/c18-11-2-4-15-10(5-11)6-16(25-15)17(24)22-13-7-12(19)1-3-14(13)23-9-20-8-21-23/h1-5,7-9,16H,6H2,(H,22,24)/t16-/m1/s1. The fourth-order valence-electron chi connectivity index (χ4n) is 2.72. The molecule has 8 heteroatoms. The Morgan fingerprint density at radius 2 is 2.00 bits per heavy atom. The maximum atomic E-state index is 12.6. The van der Waals surface area contributed by atoms with Crippen molar-refractivity contribution in [1.82, 2.24) is 14.8 Å². The van der Waals surface area contributed by atoms with Gasteiger partial charge in [-0.25, -0.2) is 9.67 Å². The van der Waals surface area contributed by atoms with Gasteiger partial charge in [0.05, 0.1) is 11.4 Å². The van der Waals surface area contributed by atoms with E-state index in [0.717, 1.165) is 5.56 Å². The lowest BCUT2D eigenvalue weighted by molar-refractivity contribution is -0.122. The first-order valence-electron chi connectivity index (χ1n) is 7.50. The summed E-state index contributed by atoms with van der Waals surface area (Å²) >= 11 is 12.1. The van der Waals surface area contributed by atoms with Gasteiger partial charge in [0.1, 0.15) is 18.4 Å². The molecule has 0 unspecified atom stereocenters. The number of anilines is 1. The number of fused-ring (bicyclic) bond motifs is 1. The van der Waals surface area contributed by atoms with Crippen LogP contribution in [0.1, 0.15) is 5.56 Å².